The Kier molecular flexibility index (Phi) is 7.37. The fraction of sp³-hybridized carbons (Fsp3) is 0.304. The zero-order valence-corrected chi connectivity index (χ0v) is 17.1. The predicted molar refractivity (Wildman–Crippen MR) is 107 cm³/mol. The maximum atomic E-state index is 14.7. The number of nitrogens with zero attached hydrogens (tertiary/aromatic N) is 2. The molecule has 0 fully saturated rings. The van der Waals surface area contributed by atoms with Crippen LogP contribution >= 0.6 is 0 Å². The fourth-order valence-electron chi connectivity index (χ4n) is 3.21. The summed E-state index contributed by atoms with van der Waals surface area (Å²) in [6.07, 6.45) is 3.38. The molecule has 1 aromatic heterocycles. The summed E-state index contributed by atoms with van der Waals surface area (Å²) in [7, 11) is 0. The number of alkyl halides is 3. The van der Waals surface area contributed by atoms with Crippen LogP contribution in [0.15, 0.2) is 42.7 Å². The molecule has 3 aromatic rings. The SMILES string of the molecule is CCCCCCc1cnc(-c2ccc(-c3cc(F)c(OC(F)(F)F)c(F)c3)c(F)c2)nc1. The normalized spacial score (nSPS) is 11.6. The van der Waals surface area contributed by atoms with Gasteiger partial charge in [0.1, 0.15) is 5.82 Å². The van der Waals surface area contributed by atoms with Crippen LogP contribution in [0.3, 0.4) is 0 Å². The second kappa shape index (κ2) is 10.0. The summed E-state index contributed by atoms with van der Waals surface area (Å²) in [5, 5.41) is 0. The first kappa shape index (κ1) is 23.6. The molecule has 9 heteroatoms. The van der Waals surface area contributed by atoms with E-state index in [0.29, 0.717) is 17.7 Å². The molecule has 0 aliphatic rings. The van der Waals surface area contributed by atoms with E-state index in [1.165, 1.54) is 12.1 Å². The highest BCUT2D eigenvalue weighted by Crippen LogP contribution is 2.34. The Bertz CT molecular complexity index is 1040. The van der Waals surface area contributed by atoms with Gasteiger partial charge in [-0.25, -0.2) is 23.1 Å². The number of aromatic nitrogens is 2. The average Bonchev–Trinajstić information content (AvgIpc) is 2.73. The third kappa shape index (κ3) is 5.99. The first-order valence-corrected chi connectivity index (χ1v) is 10.0. The highest BCUT2D eigenvalue weighted by Gasteiger charge is 2.34. The van der Waals surface area contributed by atoms with Crippen molar-refractivity contribution in [2.45, 2.75) is 45.4 Å². The highest BCUT2D eigenvalue weighted by molar-refractivity contribution is 5.69. The Labute approximate surface area is 181 Å². The molecular formula is C23H20F6N2O. The fourth-order valence-corrected chi connectivity index (χ4v) is 3.21. The number of hydrogen-bond acceptors (Lipinski definition) is 3. The molecule has 0 bridgehead atoms. The largest absolute Gasteiger partial charge is 0.573 e. The molecule has 170 valence electrons. The third-order valence-electron chi connectivity index (χ3n) is 4.78. The van der Waals surface area contributed by atoms with Crippen molar-refractivity contribution < 1.29 is 31.1 Å². The van der Waals surface area contributed by atoms with Gasteiger partial charge in [-0.1, -0.05) is 38.3 Å². The van der Waals surface area contributed by atoms with Gasteiger partial charge in [-0.05, 0) is 42.2 Å². The summed E-state index contributed by atoms with van der Waals surface area (Å²) in [5.74, 6) is -5.35. The summed E-state index contributed by atoms with van der Waals surface area (Å²) in [4.78, 5) is 8.49. The molecule has 0 atom stereocenters. The molecule has 1 heterocycles. The summed E-state index contributed by atoms with van der Waals surface area (Å²) in [6, 6.07) is 4.97. The van der Waals surface area contributed by atoms with E-state index in [-0.39, 0.29) is 17.0 Å². The van der Waals surface area contributed by atoms with Crippen LogP contribution < -0.4 is 4.74 Å². The van der Waals surface area contributed by atoms with E-state index in [9.17, 15) is 26.3 Å². The number of hydrogen-bond donors (Lipinski definition) is 0. The molecule has 0 saturated carbocycles. The Balaban J connectivity index is 1.80. The van der Waals surface area contributed by atoms with E-state index in [4.69, 9.17) is 0 Å². The number of aryl methyl sites for hydroxylation is 1. The van der Waals surface area contributed by atoms with Gasteiger partial charge in [0.15, 0.2) is 17.5 Å². The average molecular weight is 454 g/mol. The molecule has 0 aliphatic carbocycles. The minimum atomic E-state index is -5.26. The van der Waals surface area contributed by atoms with Gasteiger partial charge in [0, 0.05) is 23.5 Å². The Morgan fingerprint density at radius 2 is 1.44 bits per heavy atom. The standard InChI is InChI=1S/C23H20F6N2O/c1-2-3-4-5-6-14-12-30-22(31-13-14)15-7-8-17(18(24)9-15)16-10-19(25)21(20(26)11-16)32-23(27,28)29/h7-13H,2-6H2,1H3. The summed E-state index contributed by atoms with van der Waals surface area (Å²) in [5.41, 5.74) is 0.843. The molecule has 3 nitrogen and oxygen atoms in total. The first-order chi connectivity index (χ1) is 15.2. The van der Waals surface area contributed by atoms with E-state index in [1.807, 2.05) is 0 Å². The van der Waals surface area contributed by atoms with Crippen LogP contribution in [0.25, 0.3) is 22.5 Å². The Hall–Kier alpha value is -3.10. The van der Waals surface area contributed by atoms with Crippen LogP contribution in [0.1, 0.15) is 38.2 Å². The second-order valence-corrected chi connectivity index (χ2v) is 7.24. The maximum Gasteiger partial charge on any atom is 0.573 e. The molecule has 0 spiro atoms. The molecule has 0 radical (unpaired) electrons. The quantitative estimate of drug-likeness (QED) is 0.266. The van der Waals surface area contributed by atoms with Crippen LogP contribution in [-0.4, -0.2) is 16.3 Å². The lowest BCUT2D eigenvalue weighted by molar-refractivity contribution is -0.276. The van der Waals surface area contributed by atoms with Gasteiger partial charge in [0.05, 0.1) is 0 Å². The lowest BCUT2D eigenvalue weighted by Gasteiger charge is -2.12. The lowest BCUT2D eigenvalue weighted by Crippen LogP contribution is -2.19. The van der Waals surface area contributed by atoms with Gasteiger partial charge in [-0.15, -0.1) is 13.2 Å². The number of ether oxygens (including phenoxy) is 1. The maximum absolute atomic E-state index is 14.7. The lowest BCUT2D eigenvalue weighted by atomic mass is 10.0. The second-order valence-electron chi connectivity index (χ2n) is 7.24. The molecule has 32 heavy (non-hydrogen) atoms. The molecule has 0 saturated heterocycles. The summed E-state index contributed by atoms with van der Waals surface area (Å²) < 4.78 is 82.8. The van der Waals surface area contributed by atoms with Crippen LogP contribution in [0.5, 0.6) is 5.75 Å². The summed E-state index contributed by atoms with van der Waals surface area (Å²) in [6.45, 7) is 2.13. The topological polar surface area (TPSA) is 35.0 Å². The first-order valence-electron chi connectivity index (χ1n) is 10.0. The molecule has 0 unspecified atom stereocenters. The molecule has 3 rings (SSSR count). The van der Waals surface area contributed by atoms with Gasteiger partial charge in [-0.3, -0.25) is 0 Å². The van der Waals surface area contributed by atoms with Crippen LogP contribution in [-0.2, 0) is 6.42 Å². The minimum absolute atomic E-state index is 0.197. The molecule has 0 N–H and O–H groups in total. The summed E-state index contributed by atoms with van der Waals surface area (Å²) >= 11 is 0. The van der Waals surface area contributed by atoms with E-state index in [0.717, 1.165) is 43.7 Å². The van der Waals surface area contributed by atoms with Crippen molar-refractivity contribution in [1.82, 2.24) is 9.97 Å². The van der Waals surface area contributed by atoms with Crippen molar-refractivity contribution in [3.05, 3.63) is 65.7 Å². The van der Waals surface area contributed by atoms with Gasteiger partial charge in [0.2, 0.25) is 5.75 Å². The minimum Gasteiger partial charge on any atom is -0.399 e. The zero-order chi connectivity index (χ0) is 23.3. The van der Waals surface area contributed by atoms with Gasteiger partial charge >= 0.3 is 6.36 Å². The van der Waals surface area contributed by atoms with Crippen molar-refractivity contribution in [3.8, 4) is 28.3 Å². The smallest absolute Gasteiger partial charge is 0.399 e. The van der Waals surface area contributed by atoms with Crippen molar-refractivity contribution in [1.29, 1.82) is 0 Å². The molecule has 0 amide bonds. The van der Waals surface area contributed by atoms with Crippen molar-refractivity contribution >= 4 is 0 Å². The third-order valence-corrected chi connectivity index (χ3v) is 4.78. The van der Waals surface area contributed by atoms with Crippen molar-refractivity contribution in [3.63, 3.8) is 0 Å². The van der Waals surface area contributed by atoms with Gasteiger partial charge in [0.25, 0.3) is 0 Å². The van der Waals surface area contributed by atoms with Crippen LogP contribution in [0, 0.1) is 17.5 Å². The highest BCUT2D eigenvalue weighted by atomic mass is 19.4. The Morgan fingerprint density at radius 3 is 2.00 bits per heavy atom. The van der Waals surface area contributed by atoms with E-state index >= 15 is 0 Å². The van der Waals surface area contributed by atoms with Crippen LogP contribution in [0.2, 0.25) is 0 Å². The number of halogens is 6. The van der Waals surface area contributed by atoms with E-state index < -0.39 is 29.6 Å². The monoisotopic (exact) mass is 454 g/mol. The van der Waals surface area contributed by atoms with Gasteiger partial charge < -0.3 is 4.74 Å². The molecule has 0 aliphatic heterocycles. The van der Waals surface area contributed by atoms with E-state index in [1.54, 1.807) is 12.4 Å². The predicted octanol–water partition coefficient (Wildman–Crippen LogP) is 7.25. The number of benzene rings is 2. The van der Waals surface area contributed by atoms with Gasteiger partial charge in [-0.2, -0.15) is 0 Å². The number of rotatable bonds is 8. The number of unbranched alkanes of at least 4 members (excludes halogenated alkanes) is 3. The van der Waals surface area contributed by atoms with Crippen molar-refractivity contribution in [2.75, 3.05) is 0 Å². The Morgan fingerprint density at radius 1 is 0.812 bits per heavy atom. The van der Waals surface area contributed by atoms with Crippen LogP contribution in [0.4, 0.5) is 26.3 Å². The van der Waals surface area contributed by atoms with E-state index in [2.05, 4.69) is 21.6 Å². The zero-order valence-electron chi connectivity index (χ0n) is 17.1. The molecular weight excluding hydrogens is 434 g/mol. The van der Waals surface area contributed by atoms with Crippen molar-refractivity contribution in [2.24, 2.45) is 0 Å². The molecule has 2 aromatic carbocycles.